The van der Waals surface area contributed by atoms with E-state index in [-0.39, 0.29) is 12.2 Å². The van der Waals surface area contributed by atoms with Crippen molar-refractivity contribution in [2.45, 2.75) is 25.0 Å². The molecule has 0 heterocycles. The quantitative estimate of drug-likeness (QED) is 0.712. The smallest absolute Gasteiger partial charge is 0.310 e. The van der Waals surface area contributed by atoms with Crippen molar-refractivity contribution >= 4 is 15.8 Å². The van der Waals surface area contributed by atoms with Crippen molar-refractivity contribution in [1.82, 2.24) is 0 Å². The topological polar surface area (TPSA) is 71.4 Å². The Balaban J connectivity index is 2.83. The molecule has 4 nitrogen and oxygen atoms in total. The Kier molecular flexibility index (Phi) is 2.99. The number of carboxylic acid groups (broad SMARTS) is 1. The minimum absolute atomic E-state index is 0.0668. The van der Waals surface area contributed by atoms with E-state index in [0.29, 0.717) is 12.0 Å². The van der Waals surface area contributed by atoms with Gasteiger partial charge in [0.15, 0.2) is 9.84 Å². The fraction of sp³-hybridized carbons (Fsp3) is 0.667. The maximum absolute atomic E-state index is 11.5. The highest BCUT2D eigenvalue weighted by Gasteiger charge is 2.38. The van der Waals surface area contributed by atoms with Crippen LogP contribution in [-0.2, 0) is 14.6 Å². The highest BCUT2D eigenvalue weighted by atomic mass is 32.2. The van der Waals surface area contributed by atoms with Crippen LogP contribution in [-0.4, -0.2) is 30.5 Å². The van der Waals surface area contributed by atoms with Gasteiger partial charge in [0.2, 0.25) is 0 Å². The zero-order valence-electron chi connectivity index (χ0n) is 8.06. The number of carboxylic acids is 1. The Morgan fingerprint density at radius 3 is 2.57 bits per heavy atom. The third-order valence-electron chi connectivity index (χ3n) is 2.69. The van der Waals surface area contributed by atoms with E-state index in [1.54, 1.807) is 6.92 Å². The van der Waals surface area contributed by atoms with Crippen LogP contribution in [0.5, 0.6) is 0 Å². The van der Waals surface area contributed by atoms with Crippen molar-refractivity contribution in [2.24, 2.45) is 5.92 Å². The standard InChI is InChI=1S/C9H14O4S/c1-3-14(12,13)7-4-6(2)8(5-7)9(10)11/h7-8H,2-5H2,1H3,(H,10,11)/t7-,8-/m1/s1. The molecule has 1 aliphatic rings. The fourth-order valence-corrected chi connectivity index (χ4v) is 3.16. The van der Waals surface area contributed by atoms with Crippen LogP contribution >= 0.6 is 0 Å². The van der Waals surface area contributed by atoms with E-state index >= 15 is 0 Å². The van der Waals surface area contributed by atoms with Gasteiger partial charge >= 0.3 is 5.97 Å². The van der Waals surface area contributed by atoms with Crippen LogP contribution in [0.4, 0.5) is 0 Å². The van der Waals surface area contributed by atoms with Crippen LogP contribution in [0.2, 0.25) is 0 Å². The van der Waals surface area contributed by atoms with Crippen LogP contribution in [0.25, 0.3) is 0 Å². The normalized spacial score (nSPS) is 27.9. The van der Waals surface area contributed by atoms with Crippen molar-refractivity contribution in [3.05, 3.63) is 12.2 Å². The predicted molar refractivity (Wildman–Crippen MR) is 52.7 cm³/mol. The molecule has 0 aromatic heterocycles. The van der Waals surface area contributed by atoms with Crippen molar-refractivity contribution in [1.29, 1.82) is 0 Å². The average molecular weight is 218 g/mol. The van der Waals surface area contributed by atoms with E-state index in [1.807, 2.05) is 0 Å². The van der Waals surface area contributed by atoms with Gasteiger partial charge < -0.3 is 5.11 Å². The van der Waals surface area contributed by atoms with Crippen molar-refractivity contribution in [2.75, 3.05) is 5.75 Å². The van der Waals surface area contributed by atoms with E-state index in [1.165, 1.54) is 0 Å². The number of hydrogen-bond acceptors (Lipinski definition) is 3. The van der Waals surface area contributed by atoms with Crippen LogP contribution in [0.3, 0.4) is 0 Å². The second-order valence-corrected chi connectivity index (χ2v) is 6.13. The zero-order valence-corrected chi connectivity index (χ0v) is 8.88. The molecule has 0 amide bonds. The van der Waals surface area contributed by atoms with Gasteiger partial charge in [0, 0.05) is 5.75 Å². The molecule has 0 aliphatic heterocycles. The Morgan fingerprint density at radius 2 is 2.21 bits per heavy atom. The molecule has 1 fully saturated rings. The Morgan fingerprint density at radius 1 is 1.64 bits per heavy atom. The summed E-state index contributed by atoms with van der Waals surface area (Å²) in [5.41, 5.74) is 0.527. The van der Waals surface area contributed by atoms with Gasteiger partial charge in [-0.3, -0.25) is 4.79 Å². The van der Waals surface area contributed by atoms with E-state index in [0.717, 1.165) is 0 Å². The summed E-state index contributed by atoms with van der Waals surface area (Å²) in [5, 5.41) is 8.24. The lowest BCUT2D eigenvalue weighted by Crippen LogP contribution is -2.21. The average Bonchev–Trinajstić information content (AvgIpc) is 2.48. The van der Waals surface area contributed by atoms with Crippen LogP contribution in [0, 0.1) is 5.92 Å². The SMILES string of the molecule is C=C1C[C@@H](S(=O)(=O)CC)C[C@H]1C(=O)O. The lowest BCUT2D eigenvalue weighted by Gasteiger charge is -2.07. The molecule has 1 aliphatic carbocycles. The molecule has 14 heavy (non-hydrogen) atoms. The summed E-state index contributed by atoms with van der Waals surface area (Å²) in [4.78, 5) is 10.7. The molecule has 2 atom stereocenters. The number of hydrogen-bond donors (Lipinski definition) is 1. The second kappa shape index (κ2) is 3.73. The molecule has 0 saturated heterocycles. The molecular weight excluding hydrogens is 204 g/mol. The van der Waals surface area contributed by atoms with Gasteiger partial charge in [-0.2, -0.15) is 0 Å². The van der Waals surface area contributed by atoms with E-state index < -0.39 is 27.0 Å². The van der Waals surface area contributed by atoms with Gasteiger partial charge in [-0.05, 0) is 12.8 Å². The lowest BCUT2D eigenvalue weighted by molar-refractivity contribution is -0.140. The third-order valence-corrected chi connectivity index (χ3v) is 4.87. The molecule has 0 spiro atoms. The van der Waals surface area contributed by atoms with Gasteiger partial charge in [0.05, 0.1) is 11.2 Å². The van der Waals surface area contributed by atoms with Crippen molar-refractivity contribution in [3.8, 4) is 0 Å². The lowest BCUT2D eigenvalue weighted by atomic mass is 10.1. The third kappa shape index (κ3) is 1.97. The summed E-state index contributed by atoms with van der Waals surface area (Å²) >= 11 is 0. The van der Waals surface area contributed by atoms with Gasteiger partial charge in [-0.1, -0.05) is 19.1 Å². The Labute approximate surface area is 83.5 Å². The molecule has 0 radical (unpaired) electrons. The molecular formula is C9H14O4S. The maximum Gasteiger partial charge on any atom is 0.310 e. The molecule has 1 N–H and O–H groups in total. The minimum Gasteiger partial charge on any atom is -0.481 e. The molecule has 0 aromatic carbocycles. The Bertz CT molecular complexity index is 355. The summed E-state index contributed by atoms with van der Waals surface area (Å²) in [6, 6.07) is 0. The van der Waals surface area contributed by atoms with Gasteiger partial charge in [0.1, 0.15) is 0 Å². The van der Waals surface area contributed by atoms with Crippen LogP contribution < -0.4 is 0 Å². The second-order valence-electron chi connectivity index (χ2n) is 3.56. The predicted octanol–water partition coefficient (Wildman–Crippen LogP) is 0.841. The van der Waals surface area contributed by atoms with Gasteiger partial charge in [0.25, 0.3) is 0 Å². The molecule has 5 heteroatoms. The molecule has 0 unspecified atom stereocenters. The maximum atomic E-state index is 11.5. The summed E-state index contributed by atoms with van der Waals surface area (Å²) in [7, 11) is -3.12. The molecule has 0 bridgehead atoms. The first-order chi connectivity index (χ1) is 6.38. The first kappa shape index (κ1) is 11.2. The molecule has 0 aromatic rings. The highest BCUT2D eigenvalue weighted by Crippen LogP contribution is 2.34. The fourth-order valence-electron chi connectivity index (χ4n) is 1.73. The van der Waals surface area contributed by atoms with E-state index in [2.05, 4.69) is 6.58 Å². The summed E-state index contributed by atoms with van der Waals surface area (Å²) in [6.07, 6.45) is 0.484. The molecule has 1 saturated carbocycles. The first-order valence-electron chi connectivity index (χ1n) is 4.50. The molecule has 80 valence electrons. The number of rotatable bonds is 3. The van der Waals surface area contributed by atoms with Crippen LogP contribution in [0.1, 0.15) is 19.8 Å². The number of sulfone groups is 1. The number of carbonyl (C=O) groups is 1. The minimum atomic E-state index is -3.12. The monoisotopic (exact) mass is 218 g/mol. The van der Waals surface area contributed by atoms with Gasteiger partial charge in [-0.25, -0.2) is 8.42 Å². The largest absolute Gasteiger partial charge is 0.481 e. The number of aliphatic carboxylic acids is 1. The van der Waals surface area contributed by atoms with E-state index in [4.69, 9.17) is 5.11 Å². The van der Waals surface area contributed by atoms with Crippen molar-refractivity contribution < 1.29 is 18.3 Å². The van der Waals surface area contributed by atoms with E-state index in [9.17, 15) is 13.2 Å². The summed E-state index contributed by atoms with van der Waals surface area (Å²) < 4.78 is 23.0. The highest BCUT2D eigenvalue weighted by molar-refractivity contribution is 7.92. The molecule has 1 rings (SSSR count). The van der Waals surface area contributed by atoms with Gasteiger partial charge in [-0.15, -0.1) is 0 Å². The van der Waals surface area contributed by atoms with Crippen LogP contribution in [0.15, 0.2) is 12.2 Å². The van der Waals surface area contributed by atoms with Crippen molar-refractivity contribution in [3.63, 3.8) is 0 Å². The summed E-state index contributed by atoms with van der Waals surface area (Å²) in [6.45, 7) is 5.19. The summed E-state index contributed by atoms with van der Waals surface area (Å²) in [5.74, 6) is -1.58. The zero-order chi connectivity index (χ0) is 10.9. The first-order valence-corrected chi connectivity index (χ1v) is 6.22. The Hall–Kier alpha value is -0.840.